The van der Waals surface area contributed by atoms with Gasteiger partial charge in [-0.1, -0.05) is 60.7 Å². The van der Waals surface area contributed by atoms with Gasteiger partial charge in [-0.3, -0.25) is 9.59 Å². The molecule has 0 saturated heterocycles. The number of Topliss-reactive ketones (excluding diaryl/α,β-unsaturated/α-hetero) is 2. The molecule has 2 aliphatic rings. The van der Waals surface area contributed by atoms with Crippen LogP contribution >= 0.6 is 0 Å². The first-order valence-electron chi connectivity index (χ1n) is 10.5. The third-order valence-electron chi connectivity index (χ3n) is 6.08. The van der Waals surface area contributed by atoms with Crippen LogP contribution in [0.4, 0.5) is 5.69 Å². The number of rotatable bonds is 3. The Kier molecular flexibility index (Phi) is 5.36. The van der Waals surface area contributed by atoms with Crippen LogP contribution in [0.2, 0.25) is 0 Å². The van der Waals surface area contributed by atoms with Crippen molar-refractivity contribution in [2.75, 3.05) is 11.8 Å². The van der Waals surface area contributed by atoms with Gasteiger partial charge in [0.25, 0.3) is 7.98 Å². The van der Waals surface area contributed by atoms with Crippen LogP contribution in [0.5, 0.6) is 0 Å². The number of anilines is 1. The van der Waals surface area contributed by atoms with Crippen LogP contribution in [-0.2, 0) is 14.3 Å². The van der Waals surface area contributed by atoms with Crippen molar-refractivity contribution in [1.29, 1.82) is 0 Å². The Morgan fingerprint density at radius 1 is 0.765 bits per heavy atom. The standard InChI is InChI=1S/C26H15B3N2O3/c1-34-26-22(18-10-12-20(30-27)16-8-4-2-6-14(16)18)24(32)25(33)23(26)19-11-13-21(31(28)29)17-9-5-3-7-15(17)19/h2-13H,1H3/b22-18+,30-20-. The van der Waals surface area contributed by atoms with Crippen molar-refractivity contribution in [3.8, 4) is 0 Å². The molecular formula is C26H15B3N2O3. The van der Waals surface area contributed by atoms with Crippen molar-refractivity contribution in [3.63, 3.8) is 0 Å². The second-order valence-corrected chi connectivity index (χ2v) is 7.83. The maximum absolute atomic E-state index is 13.4. The molecule has 2 aliphatic carbocycles. The Morgan fingerprint density at radius 3 is 2.09 bits per heavy atom. The Morgan fingerprint density at radius 2 is 1.41 bits per heavy atom. The Bertz CT molecular complexity index is 1520. The minimum absolute atomic E-state index is 0.197. The molecule has 0 atom stereocenters. The van der Waals surface area contributed by atoms with Gasteiger partial charge < -0.3 is 14.4 Å². The summed E-state index contributed by atoms with van der Waals surface area (Å²) in [5.41, 5.74) is 4.19. The molecule has 0 fully saturated rings. The van der Waals surface area contributed by atoms with E-state index >= 15 is 0 Å². The van der Waals surface area contributed by atoms with E-state index in [4.69, 9.17) is 28.7 Å². The van der Waals surface area contributed by atoms with E-state index < -0.39 is 11.6 Å². The summed E-state index contributed by atoms with van der Waals surface area (Å²) in [4.78, 5) is 30.6. The molecule has 0 N–H and O–H groups in total. The molecule has 5 rings (SSSR count). The molecule has 0 aromatic heterocycles. The maximum Gasteiger partial charge on any atom is 0.260 e. The summed E-state index contributed by atoms with van der Waals surface area (Å²) in [5.74, 6) is -1.06. The van der Waals surface area contributed by atoms with Crippen molar-refractivity contribution < 1.29 is 14.3 Å². The summed E-state index contributed by atoms with van der Waals surface area (Å²) in [5, 5.41) is 1.45. The molecule has 8 heteroatoms. The zero-order valence-corrected chi connectivity index (χ0v) is 18.3. The zero-order chi connectivity index (χ0) is 24.0. The molecular weight excluding hydrogens is 421 g/mol. The molecule has 0 spiro atoms. The van der Waals surface area contributed by atoms with Crippen LogP contribution in [-0.4, -0.2) is 48.3 Å². The first-order valence-corrected chi connectivity index (χ1v) is 10.5. The van der Waals surface area contributed by atoms with E-state index in [9.17, 15) is 9.59 Å². The van der Waals surface area contributed by atoms with Gasteiger partial charge in [0.1, 0.15) is 5.76 Å². The van der Waals surface area contributed by atoms with E-state index in [1.54, 1.807) is 24.3 Å². The van der Waals surface area contributed by atoms with Crippen molar-refractivity contribution >= 4 is 68.8 Å². The molecule has 3 aromatic rings. The molecule has 0 bridgehead atoms. The number of hydrogen-bond acceptors (Lipinski definition) is 5. The summed E-state index contributed by atoms with van der Waals surface area (Å²) in [7, 11) is 18.6. The average Bonchev–Trinajstić information content (AvgIpc) is 3.11. The number of nitrogens with zero attached hydrogens (tertiary/aromatic N) is 2. The summed E-state index contributed by atoms with van der Waals surface area (Å²) < 4.78 is 6.73. The van der Waals surface area contributed by atoms with E-state index in [-0.39, 0.29) is 16.9 Å². The Hall–Kier alpha value is -4.06. The fourth-order valence-corrected chi connectivity index (χ4v) is 4.59. The number of fused-ring (bicyclic) bond motifs is 2. The third kappa shape index (κ3) is 3.17. The van der Waals surface area contributed by atoms with Gasteiger partial charge in [-0.15, -0.1) is 0 Å². The van der Waals surface area contributed by atoms with Gasteiger partial charge >= 0.3 is 0 Å². The molecule has 5 nitrogen and oxygen atoms in total. The van der Waals surface area contributed by atoms with Crippen molar-refractivity contribution in [1.82, 2.24) is 0 Å². The molecule has 0 aliphatic heterocycles. The number of hydrogen-bond donors (Lipinski definition) is 0. The quantitative estimate of drug-likeness (QED) is 0.360. The summed E-state index contributed by atoms with van der Waals surface area (Å²) >= 11 is 0. The van der Waals surface area contributed by atoms with Crippen LogP contribution in [0.3, 0.4) is 0 Å². The van der Waals surface area contributed by atoms with Gasteiger partial charge in [0, 0.05) is 22.3 Å². The highest BCUT2D eigenvalue weighted by molar-refractivity contribution is 6.64. The lowest BCUT2D eigenvalue weighted by atomic mass is 9.87. The first-order chi connectivity index (χ1) is 16.5. The van der Waals surface area contributed by atoms with Crippen LogP contribution < -0.4 is 4.72 Å². The number of benzene rings is 3. The fourth-order valence-electron chi connectivity index (χ4n) is 4.59. The van der Waals surface area contributed by atoms with E-state index in [0.29, 0.717) is 22.5 Å². The largest absolute Gasteiger partial charge is 0.495 e. The summed E-state index contributed by atoms with van der Waals surface area (Å²) in [6.45, 7) is 0. The molecule has 0 saturated carbocycles. The zero-order valence-electron chi connectivity index (χ0n) is 18.3. The molecule has 34 heavy (non-hydrogen) atoms. The van der Waals surface area contributed by atoms with E-state index in [1.807, 2.05) is 48.5 Å². The van der Waals surface area contributed by atoms with Crippen LogP contribution in [0.25, 0.3) is 21.9 Å². The lowest BCUT2D eigenvalue weighted by Crippen LogP contribution is -2.15. The molecule has 6 radical (unpaired) electrons. The van der Waals surface area contributed by atoms with E-state index in [0.717, 1.165) is 26.6 Å². The van der Waals surface area contributed by atoms with E-state index in [2.05, 4.69) is 4.90 Å². The summed E-state index contributed by atoms with van der Waals surface area (Å²) in [6.07, 6.45) is 3.45. The average molecular weight is 436 g/mol. The second kappa shape index (κ2) is 8.38. The maximum atomic E-state index is 13.4. The lowest BCUT2D eigenvalue weighted by Gasteiger charge is -2.19. The predicted molar refractivity (Wildman–Crippen MR) is 137 cm³/mol. The van der Waals surface area contributed by atoms with Crippen LogP contribution in [0.1, 0.15) is 16.7 Å². The molecule has 3 aromatic carbocycles. The first kappa shape index (κ1) is 21.8. The van der Waals surface area contributed by atoms with Gasteiger partial charge in [0.05, 0.1) is 18.3 Å². The number of allylic oxidation sites excluding steroid dienone is 5. The molecule has 0 unspecified atom stereocenters. The predicted octanol–water partition coefficient (Wildman–Crippen LogP) is 3.22. The van der Waals surface area contributed by atoms with Gasteiger partial charge in [0.2, 0.25) is 27.5 Å². The molecule has 0 amide bonds. The van der Waals surface area contributed by atoms with Crippen molar-refractivity contribution in [2.24, 2.45) is 4.90 Å². The third-order valence-corrected chi connectivity index (χ3v) is 6.08. The topological polar surface area (TPSA) is 59.0 Å². The van der Waals surface area contributed by atoms with E-state index in [1.165, 1.54) is 7.11 Å². The molecule has 156 valence electrons. The highest BCUT2D eigenvalue weighted by Gasteiger charge is 2.41. The highest BCUT2D eigenvalue weighted by Crippen LogP contribution is 2.42. The SMILES string of the molecule is [B]/N=C1C=C/C(=C2/C(=O)C(=O)C(c3ccc(N([B])[B])c4ccccc34)=C2OC)c2ccccc2/1. The number of carbonyl (C=O) groups is 2. The smallest absolute Gasteiger partial charge is 0.260 e. The monoisotopic (exact) mass is 436 g/mol. The van der Waals surface area contributed by atoms with Crippen LogP contribution in [0, 0.1) is 0 Å². The second-order valence-electron chi connectivity index (χ2n) is 7.83. The van der Waals surface area contributed by atoms with Crippen molar-refractivity contribution in [3.05, 3.63) is 101 Å². The number of ketones is 2. The number of methoxy groups -OCH3 is 1. The number of ether oxygens (including phenoxy) is 1. The van der Waals surface area contributed by atoms with Crippen LogP contribution in [0.15, 0.2) is 89.1 Å². The summed E-state index contributed by atoms with van der Waals surface area (Å²) in [6, 6.07) is 18.2. The van der Waals surface area contributed by atoms with Gasteiger partial charge in [0.15, 0.2) is 0 Å². The Balaban J connectivity index is 1.82. The Labute approximate surface area is 200 Å². The minimum atomic E-state index is -0.640. The number of carbonyl (C=O) groups excluding carboxylic acids is 2. The van der Waals surface area contributed by atoms with Gasteiger partial charge in [-0.05, 0) is 34.2 Å². The molecule has 0 heterocycles. The highest BCUT2D eigenvalue weighted by atomic mass is 16.5. The van der Waals surface area contributed by atoms with Gasteiger partial charge in [-0.25, -0.2) is 0 Å². The van der Waals surface area contributed by atoms with Gasteiger partial charge in [-0.2, -0.15) is 0 Å². The lowest BCUT2D eigenvalue weighted by molar-refractivity contribution is -0.130. The normalized spacial score (nSPS) is 18.7. The van der Waals surface area contributed by atoms with Crippen molar-refractivity contribution in [2.45, 2.75) is 0 Å². The minimum Gasteiger partial charge on any atom is -0.495 e. The fraction of sp³-hybridized carbons (Fsp3) is 0.0385.